The van der Waals surface area contributed by atoms with E-state index in [2.05, 4.69) is 10.6 Å². The molecule has 1 aliphatic rings. The maximum atomic E-state index is 12.8. The molecule has 3 amide bonds. The fraction of sp³-hybridized carbons (Fsp3) is 0.583. The Morgan fingerprint density at radius 2 is 1.75 bits per heavy atom. The van der Waals surface area contributed by atoms with Crippen molar-refractivity contribution in [3.05, 3.63) is 35.9 Å². The van der Waals surface area contributed by atoms with Gasteiger partial charge in [-0.15, -0.1) is 0 Å². The molecule has 0 saturated carbocycles. The first kappa shape index (κ1) is 25.4. The van der Waals surface area contributed by atoms with Crippen molar-refractivity contribution in [3.8, 4) is 0 Å². The van der Waals surface area contributed by atoms with Crippen LogP contribution in [0.25, 0.3) is 0 Å². The van der Waals surface area contributed by atoms with E-state index in [4.69, 9.17) is 4.74 Å². The number of ether oxygens (including phenoxy) is 1. The Morgan fingerprint density at radius 3 is 2.28 bits per heavy atom. The van der Waals surface area contributed by atoms with Crippen LogP contribution in [-0.4, -0.2) is 54.3 Å². The highest BCUT2D eigenvalue weighted by Gasteiger charge is 2.37. The van der Waals surface area contributed by atoms with E-state index in [-0.39, 0.29) is 42.7 Å². The quantitative estimate of drug-likeness (QED) is 0.401. The van der Waals surface area contributed by atoms with Crippen LogP contribution in [0.2, 0.25) is 0 Å². The number of likely N-dealkylation sites (tertiary alicyclic amines) is 1. The second kappa shape index (κ2) is 11.6. The summed E-state index contributed by atoms with van der Waals surface area (Å²) in [6.45, 7) is 7.83. The molecule has 2 rings (SSSR count). The third-order valence-electron chi connectivity index (χ3n) is 5.60. The molecule has 1 aromatic rings. The molecule has 1 unspecified atom stereocenters. The lowest BCUT2D eigenvalue weighted by atomic mass is 9.93. The average molecular weight is 446 g/mol. The van der Waals surface area contributed by atoms with Crippen molar-refractivity contribution in [1.29, 1.82) is 0 Å². The van der Waals surface area contributed by atoms with Gasteiger partial charge in [-0.05, 0) is 23.8 Å². The SMILES string of the molecule is COC(=O)[C@H](CC(C)C)NC(=O)[C@@H](NC(=O)CCN1C(=O)CC1c1ccccc1)C(C)C. The maximum Gasteiger partial charge on any atom is 0.328 e. The van der Waals surface area contributed by atoms with Crippen LogP contribution in [0, 0.1) is 11.8 Å². The summed E-state index contributed by atoms with van der Waals surface area (Å²) >= 11 is 0. The van der Waals surface area contributed by atoms with Gasteiger partial charge >= 0.3 is 5.97 Å². The fourth-order valence-electron chi connectivity index (χ4n) is 3.80. The van der Waals surface area contributed by atoms with Gasteiger partial charge in [0.1, 0.15) is 12.1 Å². The first-order valence-electron chi connectivity index (χ1n) is 11.2. The van der Waals surface area contributed by atoms with Crippen LogP contribution in [0.15, 0.2) is 30.3 Å². The number of benzene rings is 1. The number of esters is 1. The zero-order chi connectivity index (χ0) is 23.8. The molecular weight excluding hydrogens is 410 g/mol. The summed E-state index contributed by atoms with van der Waals surface area (Å²) in [5.41, 5.74) is 1.05. The average Bonchev–Trinajstić information content (AvgIpc) is 2.74. The summed E-state index contributed by atoms with van der Waals surface area (Å²) in [6, 6.07) is 8.14. The molecule has 0 aromatic heterocycles. The molecule has 0 radical (unpaired) electrons. The molecule has 0 aliphatic carbocycles. The Labute approximate surface area is 190 Å². The standard InChI is InChI=1S/C24H35N3O5/c1-15(2)13-18(24(31)32-5)25-23(30)22(16(3)4)26-20(28)11-12-27-19(14-21(27)29)17-9-7-6-8-10-17/h6-10,15-16,18-19,22H,11-14H2,1-5H3,(H,25,30)(H,26,28)/t18-,19?,22-/m0/s1. The van der Waals surface area contributed by atoms with Crippen molar-refractivity contribution in [2.75, 3.05) is 13.7 Å². The molecule has 32 heavy (non-hydrogen) atoms. The van der Waals surface area contributed by atoms with Crippen LogP contribution in [0.4, 0.5) is 0 Å². The topological polar surface area (TPSA) is 105 Å². The number of amides is 3. The van der Waals surface area contributed by atoms with Crippen LogP contribution >= 0.6 is 0 Å². The largest absolute Gasteiger partial charge is 0.467 e. The summed E-state index contributed by atoms with van der Waals surface area (Å²) in [7, 11) is 1.28. The van der Waals surface area contributed by atoms with E-state index in [0.717, 1.165) is 5.56 Å². The lowest BCUT2D eigenvalue weighted by molar-refractivity contribution is -0.147. The number of hydrogen-bond acceptors (Lipinski definition) is 5. The Balaban J connectivity index is 1.94. The van der Waals surface area contributed by atoms with Gasteiger partial charge in [-0.25, -0.2) is 4.79 Å². The van der Waals surface area contributed by atoms with Crippen LogP contribution < -0.4 is 10.6 Å². The predicted octanol–water partition coefficient (Wildman–Crippen LogP) is 2.19. The van der Waals surface area contributed by atoms with E-state index < -0.39 is 24.0 Å². The van der Waals surface area contributed by atoms with E-state index in [0.29, 0.717) is 12.8 Å². The van der Waals surface area contributed by atoms with Crippen LogP contribution in [0.3, 0.4) is 0 Å². The smallest absolute Gasteiger partial charge is 0.328 e. The van der Waals surface area contributed by atoms with E-state index in [9.17, 15) is 19.2 Å². The molecule has 0 bridgehead atoms. The number of carbonyl (C=O) groups is 4. The number of methoxy groups -OCH3 is 1. The van der Waals surface area contributed by atoms with Crippen molar-refractivity contribution < 1.29 is 23.9 Å². The Bertz CT molecular complexity index is 809. The number of nitrogens with one attached hydrogen (secondary N) is 2. The fourth-order valence-corrected chi connectivity index (χ4v) is 3.80. The zero-order valence-electron chi connectivity index (χ0n) is 19.6. The van der Waals surface area contributed by atoms with E-state index >= 15 is 0 Å². The molecular formula is C24H35N3O5. The first-order chi connectivity index (χ1) is 15.1. The predicted molar refractivity (Wildman–Crippen MR) is 120 cm³/mol. The summed E-state index contributed by atoms with van der Waals surface area (Å²) < 4.78 is 4.80. The number of β-lactam (4-membered cyclic amide) rings is 1. The molecule has 1 fully saturated rings. The van der Waals surface area contributed by atoms with Crippen molar-refractivity contribution in [3.63, 3.8) is 0 Å². The molecule has 8 nitrogen and oxygen atoms in total. The zero-order valence-corrected chi connectivity index (χ0v) is 19.6. The van der Waals surface area contributed by atoms with Crippen molar-refractivity contribution >= 4 is 23.7 Å². The van der Waals surface area contributed by atoms with E-state index in [1.165, 1.54) is 7.11 Å². The molecule has 2 N–H and O–H groups in total. The molecule has 1 saturated heterocycles. The highest BCUT2D eigenvalue weighted by molar-refractivity contribution is 5.91. The van der Waals surface area contributed by atoms with Gasteiger partial charge in [0.15, 0.2) is 0 Å². The van der Waals surface area contributed by atoms with E-state index in [1.807, 2.05) is 58.0 Å². The maximum absolute atomic E-state index is 12.8. The van der Waals surface area contributed by atoms with Crippen LogP contribution in [0.5, 0.6) is 0 Å². The van der Waals surface area contributed by atoms with Gasteiger partial charge in [0.05, 0.1) is 19.6 Å². The van der Waals surface area contributed by atoms with Gasteiger partial charge in [0.2, 0.25) is 17.7 Å². The Morgan fingerprint density at radius 1 is 1.09 bits per heavy atom. The number of rotatable bonds is 11. The van der Waals surface area contributed by atoms with Crippen molar-refractivity contribution in [2.24, 2.45) is 11.8 Å². The van der Waals surface area contributed by atoms with E-state index in [1.54, 1.807) is 4.90 Å². The molecule has 1 heterocycles. The Kier molecular flexibility index (Phi) is 9.23. The highest BCUT2D eigenvalue weighted by atomic mass is 16.5. The van der Waals surface area contributed by atoms with Crippen molar-refractivity contribution in [2.45, 2.75) is 65.1 Å². The first-order valence-corrected chi connectivity index (χ1v) is 11.2. The molecule has 3 atom stereocenters. The number of carbonyl (C=O) groups excluding carboxylic acids is 4. The summed E-state index contributed by atoms with van der Waals surface area (Å²) in [5.74, 6) is -1.24. The van der Waals surface area contributed by atoms with Gasteiger partial charge in [-0.2, -0.15) is 0 Å². The molecule has 1 aromatic carbocycles. The third kappa shape index (κ3) is 6.80. The molecule has 176 valence electrons. The van der Waals surface area contributed by atoms with Crippen LogP contribution in [-0.2, 0) is 23.9 Å². The van der Waals surface area contributed by atoms with Gasteiger partial charge in [-0.1, -0.05) is 58.0 Å². The molecule has 1 aliphatic heterocycles. The second-order valence-electron chi connectivity index (χ2n) is 8.97. The molecule has 0 spiro atoms. The minimum absolute atomic E-state index is 0.0133. The van der Waals surface area contributed by atoms with Crippen LogP contribution in [0.1, 0.15) is 58.6 Å². The summed E-state index contributed by atoms with van der Waals surface area (Å²) in [6.07, 6.45) is 0.973. The summed E-state index contributed by atoms with van der Waals surface area (Å²) in [5, 5.41) is 5.48. The minimum Gasteiger partial charge on any atom is -0.467 e. The van der Waals surface area contributed by atoms with Gasteiger partial charge in [-0.3, -0.25) is 14.4 Å². The molecule has 8 heteroatoms. The normalized spacial score (nSPS) is 17.5. The summed E-state index contributed by atoms with van der Waals surface area (Å²) in [4.78, 5) is 51.2. The number of nitrogens with zero attached hydrogens (tertiary/aromatic N) is 1. The number of hydrogen-bond donors (Lipinski definition) is 2. The van der Waals surface area contributed by atoms with Gasteiger partial charge in [0.25, 0.3) is 0 Å². The van der Waals surface area contributed by atoms with Gasteiger partial charge in [0, 0.05) is 13.0 Å². The second-order valence-corrected chi connectivity index (χ2v) is 8.97. The third-order valence-corrected chi connectivity index (χ3v) is 5.60. The van der Waals surface area contributed by atoms with Crippen molar-refractivity contribution in [1.82, 2.24) is 15.5 Å². The highest BCUT2D eigenvalue weighted by Crippen LogP contribution is 2.34. The Hall–Kier alpha value is -2.90. The minimum atomic E-state index is -0.793. The van der Waals surface area contributed by atoms with Gasteiger partial charge < -0.3 is 20.3 Å². The monoisotopic (exact) mass is 445 g/mol. The lowest BCUT2D eigenvalue weighted by Crippen LogP contribution is -2.54. The lowest BCUT2D eigenvalue weighted by Gasteiger charge is -2.40.